The van der Waals surface area contributed by atoms with E-state index in [1.165, 1.54) is 6.07 Å². The summed E-state index contributed by atoms with van der Waals surface area (Å²) in [6.45, 7) is 1.99. The minimum Gasteiger partial charge on any atom is -0.393 e. The lowest BCUT2D eigenvalue weighted by Gasteiger charge is -2.14. The second-order valence-electron chi connectivity index (χ2n) is 8.17. The smallest absolute Gasteiger partial charge is 0.138 e. The summed E-state index contributed by atoms with van der Waals surface area (Å²) in [6.07, 6.45) is 1.34. The van der Waals surface area contributed by atoms with Crippen molar-refractivity contribution < 1.29 is 29.2 Å². The molecule has 3 aromatic rings. The molecule has 2 aromatic carbocycles. The van der Waals surface area contributed by atoms with Gasteiger partial charge in [-0.3, -0.25) is 0 Å². The number of nitrogens with zero attached hydrogens (tertiary/aromatic N) is 2. The summed E-state index contributed by atoms with van der Waals surface area (Å²) < 4.78 is 27.0. The van der Waals surface area contributed by atoms with Crippen molar-refractivity contribution in [3.8, 4) is 23.0 Å². The van der Waals surface area contributed by atoms with Crippen LogP contribution in [-0.4, -0.2) is 56.9 Å². The average molecular weight is 467 g/mol. The number of imidazole rings is 1. The van der Waals surface area contributed by atoms with Crippen molar-refractivity contribution in [1.82, 2.24) is 9.55 Å². The quantitative estimate of drug-likeness (QED) is 0.463. The van der Waals surface area contributed by atoms with Gasteiger partial charge in [-0.25, -0.2) is 9.37 Å². The topological polar surface area (TPSA) is 97.0 Å². The van der Waals surface area contributed by atoms with Crippen molar-refractivity contribution in [3.63, 3.8) is 0 Å². The van der Waals surface area contributed by atoms with Crippen LogP contribution in [-0.2, 0) is 16.1 Å². The Morgan fingerprint density at radius 2 is 1.97 bits per heavy atom. The molecule has 0 bridgehead atoms. The van der Waals surface area contributed by atoms with Gasteiger partial charge >= 0.3 is 0 Å². The third-order valence-corrected chi connectivity index (χ3v) is 5.69. The van der Waals surface area contributed by atoms with Crippen molar-refractivity contribution in [1.29, 1.82) is 0 Å². The Morgan fingerprint density at radius 1 is 1.21 bits per heavy atom. The Hall–Kier alpha value is -3.06. The normalized spacial score (nSPS) is 19.4. The van der Waals surface area contributed by atoms with Crippen LogP contribution in [0, 0.1) is 17.7 Å². The maximum atomic E-state index is 14.6. The first-order valence-corrected chi connectivity index (χ1v) is 11.1. The van der Waals surface area contributed by atoms with E-state index in [4.69, 9.17) is 9.47 Å². The average Bonchev–Trinajstić information content (AvgIpc) is 3.48. The summed E-state index contributed by atoms with van der Waals surface area (Å²) in [6, 6.07) is 11.8. The molecule has 1 aliphatic heterocycles. The summed E-state index contributed by atoms with van der Waals surface area (Å²) in [5, 5.41) is 29.3. The van der Waals surface area contributed by atoms with Crippen molar-refractivity contribution in [2.45, 2.75) is 37.9 Å². The molecule has 34 heavy (non-hydrogen) atoms. The van der Waals surface area contributed by atoms with E-state index in [0.29, 0.717) is 18.0 Å². The molecule has 1 fully saturated rings. The molecule has 1 aromatic heterocycles. The van der Waals surface area contributed by atoms with E-state index in [2.05, 4.69) is 16.8 Å². The van der Waals surface area contributed by atoms with Crippen LogP contribution in [0.2, 0.25) is 0 Å². The Bertz CT molecular complexity index is 1170. The molecule has 0 spiro atoms. The highest BCUT2D eigenvalue weighted by atomic mass is 19.1. The van der Waals surface area contributed by atoms with E-state index in [0.717, 1.165) is 16.7 Å². The van der Waals surface area contributed by atoms with Gasteiger partial charge in [-0.05, 0) is 36.2 Å². The van der Waals surface area contributed by atoms with Crippen LogP contribution < -0.4 is 0 Å². The summed E-state index contributed by atoms with van der Waals surface area (Å²) in [4.78, 5) is 4.11. The molecule has 0 radical (unpaired) electrons. The van der Waals surface area contributed by atoms with Crippen molar-refractivity contribution >= 4 is 0 Å². The summed E-state index contributed by atoms with van der Waals surface area (Å²) in [7, 11) is 0. The Kier molecular flexibility index (Phi) is 7.73. The number of benzene rings is 2. The van der Waals surface area contributed by atoms with E-state index in [-0.39, 0.29) is 25.6 Å². The first-order valence-electron chi connectivity index (χ1n) is 11.1. The molecule has 4 rings (SSSR count). The molecule has 2 heterocycles. The van der Waals surface area contributed by atoms with Gasteiger partial charge in [0.1, 0.15) is 36.0 Å². The van der Waals surface area contributed by atoms with E-state index >= 15 is 0 Å². The van der Waals surface area contributed by atoms with E-state index in [1.54, 1.807) is 30.0 Å². The van der Waals surface area contributed by atoms with Crippen molar-refractivity contribution in [2.75, 3.05) is 19.8 Å². The number of aromatic nitrogens is 2. The van der Waals surface area contributed by atoms with E-state index in [1.807, 2.05) is 30.3 Å². The number of aliphatic hydroxyl groups excluding tert-OH is 3. The third kappa shape index (κ3) is 5.53. The lowest BCUT2D eigenvalue weighted by atomic mass is 10.0. The number of rotatable bonds is 7. The molecule has 0 unspecified atom stereocenters. The molecule has 0 saturated carbocycles. The predicted octanol–water partition coefficient (Wildman–Crippen LogP) is 2.60. The van der Waals surface area contributed by atoms with Crippen molar-refractivity contribution in [2.24, 2.45) is 0 Å². The zero-order valence-electron chi connectivity index (χ0n) is 18.8. The van der Waals surface area contributed by atoms with Crippen LogP contribution in [0.5, 0.6) is 0 Å². The maximum absolute atomic E-state index is 14.6. The largest absolute Gasteiger partial charge is 0.393 e. The van der Waals surface area contributed by atoms with Crippen LogP contribution in [0.25, 0.3) is 11.1 Å². The van der Waals surface area contributed by atoms with E-state index < -0.39 is 24.4 Å². The summed E-state index contributed by atoms with van der Waals surface area (Å²) >= 11 is 0. The zero-order valence-corrected chi connectivity index (χ0v) is 18.8. The number of hydrogen-bond acceptors (Lipinski definition) is 6. The number of hydrogen-bond donors (Lipinski definition) is 3. The zero-order chi connectivity index (χ0) is 24.1. The van der Waals surface area contributed by atoms with Crippen LogP contribution in [0.3, 0.4) is 0 Å². The SMILES string of the molecule is C[C@H](O)c1nccn1[C@@H](C#Cc1ccc(-c2ccc(CO[C@H]3COC[C@@H]3O)c(F)c2)cc1)CO. The van der Waals surface area contributed by atoms with Gasteiger partial charge in [0.25, 0.3) is 0 Å². The first kappa shape index (κ1) is 24.1. The summed E-state index contributed by atoms with van der Waals surface area (Å²) in [5.74, 6) is 6.10. The molecule has 0 amide bonds. The molecule has 3 N–H and O–H groups in total. The first-order chi connectivity index (χ1) is 16.5. The Balaban J connectivity index is 1.43. The minimum absolute atomic E-state index is 0.0610. The van der Waals surface area contributed by atoms with Gasteiger partial charge in [-0.1, -0.05) is 36.1 Å². The second kappa shape index (κ2) is 10.9. The van der Waals surface area contributed by atoms with Gasteiger partial charge in [0, 0.05) is 23.5 Å². The highest BCUT2D eigenvalue weighted by molar-refractivity contribution is 5.65. The molecule has 1 aliphatic rings. The van der Waals surface area contributed by atoms with Crippen LogP contribution in [0.1, 0.15) is 36.0 Å². The van der Waals surface area contributed by atoms with Crippen LogP contribution in [0.4, 0.5) is 4.39 Å². The Morgan fingerprint density at radius 3 is 2.62 bits per heavy atom. The van der Waals surface area contributed by atoms with Gasteiger partial charge in [-0.15, -0.1) is 0 Å². The van der Waals surface area contributed by atoms with E-state index in [9.17, 15) is 19.7 Å². The lowest BCUT2D eigenvalue weighted by Crippen LogP contribution is -2.26. The number of halogens is 1. The van der Waals surface area contributed by atoms with Gasteiger partial charge < -0.3 is 29.4 Å². The van der Waals surface area contributed by atoms with Gasteiger partial charge in [0.05, 0.1) is 26.4 Å². The standard InChI is InChI=1S/C26H27FN2O5/c1-17(31)26-28-10-11-29(26)22(13-30)9-4-18-2-5-19(6-3-18)20-7-8-21(23(27)12-20)14-34-25-16-33-15-24(25)32/h2-3,5-8,10-12,17,22,24-25,30-32H,13-16H2,1H3/t17-,22-,24-,25-/m0/s1. The highest BCUT2D eigenvalue weighted by Gasteiger charge is 2.27. The molecule has 7 nitrogen and oxygen atoms in total. The molecule has 1 saturated heterocycles. The third-order valence-electron chi connectivity index (χ3n) is 5.69. The fourth-order valence-electron chi connectivity index (χ4n) is 3.75. The summed E-state index contributed by atoms with van der Waals surface area (Å²) in [5.41, 5.74) is 2.71. The highest BCUT2D eigenvalue weighted by Crippen LogP contribution is 2.24. The second-order valence-corrected chi connectivity index (χ2v) is 8.17. The number of ether oxygens (including phenoxy) is 2. The predicted molar refractivity (Wildman–Crippen MR) is 123 cm³/mol. The van der Waals surface area contributed by atoms with Gasteiger partial charge in [0.15, 0.2) is 0 Å². The monoisotopic (exact) mass is 466 g/mol. The fraction of sp³-hybridized carbons (Fsp3) is 0.346. The molecular weight excluding hydrogens is 439 g/mol. The molecular formula is C26H27FN2O5. The maximum Gasteiger partial charge on any atom is 0.138 e. The molecule has 0 aliphatic carbocycles. The molecule has 4 atom stereocenters. The van der Waals surface area contributed by atoms with Gasteiger partial charge in [0.2, 0.25) is 0 Å². The van der Waals surface area contributed by atoms with Crippen LogP contribution in [0.15, 0.2) is 54.9 Å². The minimum atomic E-state index is -0.771. The van der Waals surface area contributed by atoms with Crippen LogP contribution >= 0.6 is 0 Å². The van der Waals surface area contributed by atoms with Crippen molar-refractivity contribution in [3.05, 3.63) is 77.6 Å². The molecule has 8 heteroatoms. The van der Waals surface area contributed by atoms with Gasteiger partial charge in [-0.2, -0.15) is 0 Å². The Labute approximate surface area is 197 Å². The fourth-order valence-corrected chi connectivity index (χ4v) is 3.75. The lowest BCUT2D eigenvalue weighted by molar-refractivity contribution is -0.0197. The molecule has 178 valence electrons. The number of aliphatic hydroxyl groups is 3.